The third kappa shape index (κ3) is 6.36. The van der Waals surface area contributed by atoms with E-state index in [1.165, 1.54) is 5.56 Å². The number of rotatable bonds is 9. The van der Waals surface area contributed by atoms with Gasteiger partial charge in [-0.1, -0.05) is 60.8 Å². The molecule has 0 bridgehead atoms. The van der Waals surface area contributed by atoms with Gasteiger partial charge in [0.25, 0.3) is 10.0 Å². The van der Waals surface area contributed by atoms with Crippen molar-refractivity contribution in [1.29, 1.82) is 0 Å². The SMILES string of the molecule is CCCCc1ccc(NC(=O)CN(c2cc(Cl)ccc2C)S(=O)(=O)c2ccc(C)cc2)cc1. The van der Waals surface area contributed by atoms with Crippen molar-refractivity contribution in [2.75, 3.05) is 16.2 Å². The lowest BCUT2D eigenvalue weighted by Gasteiger charge is -2.26. The molecule has 0 saturated carbocycles. The number of anilines is 2. The quantitative estimate of drug-likeness (QED) is 0.397. The lowest BCUT2D eigenvalue weighted by Crippen LogP contribution is -2.38. The molecule has 0 unspecified atom stereocenters. The Balaban J connectivity index is 1.89. The highest BCUT2D eigenvalue weighted by atomic mass is 35.5. The maximum atomic E-state index is 13.5. The zero-order valence-electron chi connectivity index (χ0n) is 19.1. The zero-order valence-corrected chi connectivity index (χ0v) is 20.7. The molecule has 0 spiro atoms. The molecule has 0 saturated heterocycles. The predicted octanol–water partition coefficient (Wildman–Crippen LogP) is 6.13. The minimum Gasteiger partial charge on any atom is -0.325 e. The third-order valence-electron chi connectivity index (χ3n) is 5.39. The van der Waals surface area contributed by atoms with E-state index < -0.39 is 15.9 Å². The average molecular weight is 485 g/mol. The highest BCUT2D eigenvalue weighted by Gasteiger charge is 2.28. The Morgan fingerprint density at radius 1 is 0.970 bits per heavy atom. The summed E-state index contributed by atoms with van der Waals surface area (Å²) in [4.78, 5) is 13.0. The fourth-order valence-electron chi connectivity index (χ4n) is 3.45. The Hall–Kier alpha value is -2.83. The number of aryl methyl sites for hydroxylation is 3. The topological polar surface area (TPSA) is 66.5 Å². The molecule has 0 aliphatic rings. The van der Waals surface area contributed by atoms with Crippen LogP contribution in [0.25, 0.3) is 0 Å². The minimum absolute atomic E-state index is 0.112. The van der Waals surface area contributed by atoms with Gasteiger partial charge >= 0.3 is 0 Å². The number of nitrogens with one attached hydrogen (secondary N) is 1. The Bertz CT molecular complexity index is 1210. The smallest absolute Gasteiger partial charge is 0.264 e. The molecule has 0 heterocycles. The number of hydrogen-bond donors (Lipinski definition) is 1. The number of benzene rings is 3. The van der Waals surface area contributed by atoms with Gasteiger partial charge in [0.15, 0.2) is 0 Å². The van der Waals surface area contributed by atoms with Crippen molar-refractivity contribution < 1.29 is 13.2 Å². The second-order valence-electron chi connectivity index (χ2n) is 8.10. The number of hydrogen-bond acceptors (Lipinski definition) is 3. The van der Waals surface area contributed by atoms with E-state index in [9.17, 15) is 13.2 Å². The molecule has 0 atom stereocenters. The molecule has 174 valence electrons. The highest BCUT2D eigenvalue weighted by Crippen LogP contribution is 2.29. The summed E-state index contributed by atoms with van der Waals surface area (Å²) in [5.74, 6) is -0.439. The van der Waals surface area contributed by atoms with Crippen molar-refractivity contribution in [2.45, 2.75) is 44.9 Å². The maximum absolute atomic E-state index is 13.5. The molecule has 7 heteroatoms. The largest absolute Gasteiger partial charge is 0.325 e. The first kappa shape index (κ1) is 24.8. The van der Waals surface area contributed by atoms with E-state index in [4.69, 9.17) is 11.6 Å². The summed E-state index contributed by atoms with van der Waals surface area (Å²) in [7, 11) is -4.00. The molecule has 3 aromatic rings. The fourth-order valence-corrected chi connectivity index (χ4v) is 5.10. The van der Waals surface area contributed by atoms with E-state index in [0.717, 1.165) is 29.1 Å². The maximum Gasteiger partial charge on any atom is 0.264 e. The lowest BCUT2D eigenvalue weighted by atomic mass is 10.1. The minimum atomic E-state index is -4.00. The van der Waals surface area contributed by atoms with Gasteiger partial charge in [-0.3, -0.25) is 9.10 Å². The van der Waals surface area contributed by atoms with Gasteiger partial charge in [-0.2, -0.15) is 0 Å². The molecule has 1 amide bonds. The molecule has 1 N–H and O–H groups in total. The molecular formula is C26H29ClN2O3S. The number of halogens is 1. The zero-order chi connectivity index (χ0) is 24.0. The van der Waals surface area contributed by atoms with Crippen LogP contribution in [0.2, 0.25) is 5.02 Å². The van der Waals surface area contributed by atoms with Crippen molar-refractivity contribution in [3.8, 4) is 0 Å². The van der Waals surface area contributed by atoms with Crippen LogP contribution in [0.1, 0.15) is 36.5 Å². The first-order valence-electron chi connectivity index (χ1n) is 10.9. The predicted molar refractivity (Wildman–Crippen MR) is 136 cm³/mol. The summed E-state index contributed by atoms with van der Waals surface area (Å²) in [5, 5.41) is 3.21. The molecule has 3 rings (SSSR count). The first-order valence-corrected chi connectivity index (χ1v) is 12.8. The monoisotopic (exact) mass is 484 g/mol. The van der Waals surface area contributed by atoms with Crippen molar-refractivity contribution in [3.05, 3.63) is 88.4 Å². The third-order valence-corrected chi connectivity index (χ3v) is 7.40. The standard InChI is InChI=1S/C26H29ClN2O3S/c1-4-5-6-21-10-13-23(14-11-21)28-26(30)18-29(25-17-22(27)12-9-20(25)3)33(31,32)24-15-7-19(2)8-16-24/h7-17H,4-6,18H2,1-3H3,(H,28,30). The average Bonchev–Trinajstić information content (AvgIpc) is 2.79. The van der Waals surface area contributed by atoms with Crippen LogP contribution >= 0.6 is 11.6 Å². The van der Waals surface area contributed by atoms with E-state index in [1.54, 1.807) is 49.4 Å². The Kier molecular flexibility index (Phi) is 8.16. The van der Waals surface area contributed by atoms with Gasteiger partial charge in [-0.15, -0.1) is 0 Å². The van der Waals surface area contributed by atoms with E-state index >= 15 is 0 Å². The number of carbonyl (C=O) groups excluding carboxylic acids is 1. The molecule has 33 heavy (non-hydrogen) atoms. The molecule has 5 nitrogen and oxygen atoms in total. The fraction of sp³-hybridized carbons (Fsp3) is 0.269. The van der Waals surface area contributed by atoms with Gasteiger partial charge in [0.1, 0.15) is 6.54 Å². The molecule has 0 fully saturated rings. The van der Waals surface area contributed by atoms with Crippen LogP contribution in [0.5, 0.6) is 0 Å². The van der Waals surface area contributed by atoms with Crippen molar-refractivity contribution in [2.24, 2.45) is 0 Å². The summed E-state index contributed by atoms with van der Waals surface area (Å²) < 4.78 is 28.2. The number of unbranched alkanes of at least 4 members (excludes halogenated alkanes) is 1. The molecule has 0 aromatic heterocycles. The van der Waals surface area contributed by atoms with Crippen LogP contribution in [-0.2, 0) is 21.2 Å². The van der Waals surface area contributed by atoms with Gasteiger partial charge in [0.2, 0.25) is 5.91 Å². The number of amides is 1. The van der Waals surface area contributed by atoms with E-state index in [2.05, 4.69) is 12.2 Å². The Labute approximate surface area is 201 Å². The molecular weight excluding hydrogens is 456 g/mol. The van der Waals surface area contributed by atoms with Crippen LogP contribution in [0.15, 0.2) is 71.6 Å². The second-order valence-corrected chi connectivity index (χ2v) is 10.4. The second kappa shape index (κ2) is 10.9. The van der Waals surface area contributed by atoms with Gasteiger partial charge < -0.3 is 5.32 Å². The summed E-state index contributed by atoms with van der Waals surface area (Å²) in [6, 6.07) is 19.2. The van der Waals surface area contributed by atoms with E-state index in [-0.39, 0.29) is 11.4 Å². The van der Waals surface area contributed by atoms with E-state index in [0.29, 0.717) is 22.0 Å². The molecule has 3 aromatic carbocycles. The number of sulfonamides is 1. The van der Waals surface area contributed by atoms with Gasteiger partial charge in [-0.25, -0.2) is 8.42 Å². The van der Waals surface area contributed by atoms with Crippen LogP contribution in [-0.4, -0.2) is 20.9 Å². The normalized spacial score (nSPS) is 11.3. The van der Waals surface area contributed by atoms with Crippen LogP contribution < -0.4 is 9.62 Å². The summed E-state index contributed by atoms with van der Waals surface area (Å²) in [6.07, 6.45) is 3.21. The molecule has 0 aliphatic carbocycles. The van der Waals surface area contributed by atoms with Crippen molar-refractivity contribution >= 4 is 38.9 Å². The lowest BCUT2D eigenvalue weighted by molar-refractivity contribution is -0.114. The summed E-state index contributed by atoms with van der Waals surface area (Å²) in [5.41, 5.74) is 3.83. The first-order chi connectivity index (χ1) is 15.7. The van der Waals surface area contributed by atoms with Crippen LogP contribution in [0.4, 0.5) is 11.4 Å². The Morgan fingerprint density at radius 2 is 1.64 bits per heavy atom. The summed E-state index contributed by atoms with van der Waals surface area (Å²) >= 11 is 6.17. The number of carbonyl (C=O) groups is 1. The molecule has 0 radical (unpaired) electrons. The van der Waals surface area contributed by atoms with Crippen molar-refractivity contribution in [1.82, 2.24) is 0 Å². The number of nitrogens with zero attached hydrogens (tertiary/aromatic N) is 1. The van der Waals surface area contributed by atoms with Gasteiger partial charge in [0, 0.05) is 10.7 Å². The Morgan fingerprint density at radius 3 is 2.27 bits per heavy atom. The van der Waals surface area contributed by atoms with Crippen LogP contribution in [0, 0.1) is 13.8 Å². The van der Waals surface area contributed by atoms with E-state index in [1.807, 2.05) is 31.2 Å². The van der Waals surface area contributed by atoms with Gasteiger partial charge in [-0.05, 0) is 74.2 Å². The van der Waals surface area contributed by atoms with Crippen LogP contribution in [0.3, 0.4) is 0 Å². The van der Waals surface area contributed by atoms with Crippen molar-refractivity contribution in [3.63, 3.8) is 0 Å². The summed E-state index contributed by atoms with van der Waals surface area (Å²) in [6.45, 7) is 5.44. The highest BCUT2D eigenvalue weighted by molar-refractivity contribution is 7.92. The van der Waals surface area contributed by atoms with Gasteiger partial charge in [0.05, 0.1) is 10.6 Å². The molecule has 0 aliphatic heterocycles.